The Morgan fingerprint density at radius 1 is 1.26 bits per heavy atom. The first kappa shape index (κ1) is 23.7. The Kier molecular flexibility index (Phi) is 9.66. The van der Waals surface area contributed by atoms with E-state index in [1.54, 1.807) is 0 Å². The molecule has 0 spiro atoms. The van der Waals surface area contributed by atoms with E-state index in [1.165, 1.54) is 0 Å². The molecule has 2 rings (SSSR count). The Morgan fingerprint density at radius 2 is 1.87 bits per heavy atom. The molecule has 11 nitrogen and oxygen atoms in total. The quantitative estimate of drug-likeness (QED) is 0.295. The molecule has 0 amide bonds. The van der Waals surface area contributed by atoms with Gasteiger partial charge in [0.25, 0.3) is 5.56 Å². The van der Waals surface area contributed by atoms with Crippen molar-refractivity contribution in [3.05, 3.63) is 32.6 Å². The van der Waals surface area contributed by atoms with Crippen LogP contribution in [0.3, 0.4) is 0 Å². The van der Waals surface area contributed by atoms with E-state index in [-0.39, 0.29) is 64.7 Å². The van der Waals surface area contributed by atoms with Crippen molar-refractivity contribution in [2.24, 2.45) is 0 Å². The van der Waals surface area contributed by atoms with Gasteiger partial charge in [-0.3, -0.25) is 9.78 Å². The summed E-state index contributed by atoms with van der Waals surface area (Å²) in [5.41, 5.74) is -1.78. The minimum Gasteiger partial charge on any atom is -0.790 e. The van der Waals surface area contributed by atoms with E-state index < -0.39 is 50.1 Å². The SMILES string of the molecule is O=c1[nH]cc([C@@H]2O[C@H](COP(=O)([O-])[O-])[C@@H](O)[C@H]2O)c(=O)[nH]1.[Na+].[Na+]. The number of phosphoric acid groups is 1. The molecule has 4 atom stereocenters. The molecular formula is C9H11N2Na2O9P. The van der Waals surface area contributed by atoms with Crippen LogP contribution < -0.4 is 80.2 Å². The number of aromatic nitrogens is 2. The van der Waals surface area contributed by atoms with Gasteiger partial charge in [0.1, 0.15) is 24.4 Å². The van der Waals surface area contributed by atoms with Crippen LogP contribution in [-0.4, -0.2) is 45.1 Å². The Hall–Kier alpha value is 0.670. The third-order valence-electron chi connectivity index (χ3n) is 2.91. The molecular weight excluding hydrogens is 357 g/mol. The molecule has 0 saturated carbocycles. The van der Waals surface area contributed by atoms with Crippen molar-refractivity contribution in [1.29, 1.82) is 0 Å². The maximum atomic E-state index is 11.6. The Balaban J connectivity index is 0.00000242. The van der Waals surface area contributed by atoms with Crippen LogP contribution in [0.5, 0.6) is 0 Å². The summed E-state index contributed by atoms with van der Waals surface area (Å²) in [4.78, 5) is 47.3. The van der Waals surface area contributed by atoms with Gasteiger partial charge >= 0.3 is 64.8 Å². The van der Waals surface area contributed by atoms with Crippen molar-refractivity contribution < 1.29 is 92.9 Å². The Morgan fingerprint density at radius 3 is 2.39 bits per heavy atom. The molecule has 0 aliphatic carbocycles. The second-order valence-corrected chi connectivity index (χ2v) is 5.50. The fourth-order valence-corrected chi connectivity index (χ4v) is 2.27. The summed E-state index contributed by atoms with van der Waals surface area (Å²) in [5.74, 6) is 0. The van der Waals surface area contributed by atoms with Gasteiger partial charge in [-0.2, -0.15) is 0 Å². The maximum absolute atomic E-state index is 11.6. The summed E-state index contributed by atoms with van der Waals surface area (Å²) in [7, 11) is -5.26. The molecule has 0 radical (unpaired) electrons. The van der Waals surface area contributed by atoms with Gasteiger partial charge in [-0.25, -0.2) is 4.79 Å². The second kappa shape index (κ2) is 9.39. The largest absolute Gasteiger partial charge is 1.00 e. The van der Waals surface area contributed by atoms with Crippen molar-refractivity contribution >= 4 is 7.82 Å². The molecule has 4 N–H and O–H groups in total. The van der Waals surface area contributed by atoms with Crippen molar-refractivity contribution in [2.45, 2.75) is 24.4 Å². The number of aliphatic hydroxyl groups is 2. The first-order valence-corrected chi connectivity index (χ1v) is 7.15. The van der Waals surface area contributed by atoms with Crippen LogP contribution in [-0.2, 0) is 13.8 Å². The minimum atomic E-state index is -5.26. The van der Waals surface area contributed by atoms with Crippen molar-refractivity contribution in [3.8, 4) is 0 Å². The molecule has 0 aromatic carbocycles. The molecule has 1 saturated heterocycles. The van der Waals surface area contributed by atoms with Gasteiger partial charge in [0.2, 0.25) is 0 Å². The number of aliphatic hydroxyl groups excluding tert-OH is 2. The van der Waals surface area contributed by atoms with Crippen molar-refractivity contribution in [1.82, 2.24) is 9.97 Å². The normalized spacial score (nSPS) is 27.1. The smallest absolute Gasteiger partial charge is 0.790 e. The van der Waals surface area contributed by atoms with E-state index in [0.29, 0.717) is 0 Å². The van der Waals surface area contributed by atoms with Gasteiger partial charge in [0, 0.05) is 6.20 Å². The van der Waals surface area contributed by atoms with E-state index in [1.807, 2.05) is 4.98 Å². The van der Waals surface area contributed by atoms with E-state index >= 15 is 0 Å². The van der Waals surface area contributed by atoms with Crippen molar-refractivity contribution in [2.75, 3.05) is 6.61 Å². The molecule has 0 unspecified atom stereocenters. The number of H-pyrrole nitrogens is 2. The Bertz CT molecular complexity index is 673. The third-order valence-corrected chi connectivity index (χ3v) is 3.38. The number of hydrogen-bond donors (Lipinski definition) is 4. The summed E-state index contributed by atoms with van der Waals surface area (Å²) in [5, 5.41) is 19.5. The second-order valence-electron chi connectivity index (χ2n) is 4.35. The molecule has 118 valence electrons. The number of hydrogen-bond acceptors (Lipinski definition) is 9. The van der Waals surface area contributed by atoms with E-state index in [9.17, 15) is 34.2 Å². The molecule has 14 heteroatoms. The van der Waals surface area contributed by atoms with E-state index in [2.05, 4.69) is 9.51 Å². The van der Waals surface area contributed by atoms with E-state index in [0.717, 1.165) is 6.20 Å². The fraction of sp³-hybridized carbons (Fsp3) is 0.556. The number of phosphoric ester groups is 1. The van der Waals surface area contributed by atoms with Gasteiger partial charge in [-0.1, -0.05) is 0 Å². The molecule has 0 bridgehead atoms. The van der Waals surface area contributed by atoms with Gasteiger partial charge in [0.05, 0.1) is 20.0 Å². The van der Waals surface area contributed by atoms with Crippen molar-refractivity contribution in [3.63, 3.8) is 0 Å². The molecule has 23 heavy (non-hydrogen) atoms. The molecule has 1 aromatic heterocycles. The molecule has 1 fully saturated rings. The van der Waals surface area contributed by atoms with Crippen LogP contribution in [0.2, 0.25) is 0 Å². The van der Waals surface area contributed by atoms with Crippen LogP contribution in [0, 0.1) is 0 Å². The summed E-state index contributed by atoms with van der Waals surface area (Å²) < 4.78 is 19.5. The van der Waals surface area contributed by atoms with E-state index in [4.69, 9.17) is 4.74 Å². The average Bonchev–Trinajstić information content (AvgIpc) is 2.64. The third kappa shape index (κ3) is 6.15. The number of rotatable bonds is 4. The van der Waals surface area contributed by atoms with Gasteiger partial charge in [0.15, 0.2) is 0 Å². The van der Waals surface area contributed by atoms with Crippen LogP contribution in [0.15, 0.2) is 15.8 Å². The fourth-order valence-electron chi connectivity index (χ4n) is 1.94. The summed E-state index contributed by atoms with van der Waals surface area (Å²) in [6.45, 7) is -0.805. The molecule has 1 aliphatic heterocycles. The summed E-state index contributed by atoms with van der Waals surface area (Å²) >= 11 is 0. The van der Waals surface area contributed by atoms with Gasteiger partial charge in [-0.15, -0.1) is 0 Å². The van der Waals surface area contributed by atoms with Crippen LogP contribution in [0.25, 0.3) is 0 Å². The summed E-state index contributed by atoms with van der Waals surface area (Å²) in [6, 6.07) is 0. The molecule has 1 aliphatic rings. The number of ether oxygens (including phenoxy) is 1. The predicted molar refractivity (Wildman–Crippen MR) is 60.9 cm³/mol. The number of aromatic amines is 2. The standard InChI is InChI=1S/C9H13N2O9P.2Na/c12-5-4(2-19-21(16,17)18)20-7(6(5)13)3-1-10-9(15)11-8(3)14;;/h1,4-7,12-13H,2H2,(H2,16,17,18)(H2,10,11,14,15);;/q;2*+1/p-2/t4-,5-,6-,7+;;/m1../s1. The van der Waals surface area contributed by atoms with Crippen LogP contribution >= 0.6 is 7.82 Å². The zero-order valence-corrected chi connectivity index (χ0v) is 17.2. The minimum absolute atomic E-state index is 0. The van der Waals surface area contributed by atoms with Gasteiger partial charge in [-0.05, 0) is 0 Å². The number of nitrogens with one attached hydrogen (secondary N) is 2. The van der Waals surface area contributed by atoms with Crippen LogP contribution in [0.4, 0.5) is 0 Å². The summed E-state index contributed by atoms with van der Waals surface area (Å²) in [6.07, 6.45) is -4.78. The van der Waals surface area contributed by atoms with Crippen LogP contribution in [0.1, 0.15) is 11.7 Å². The molecule has 1 aromatic rings. The average molecular weight is 368 g/mol. The maximum Gasteiger partial charge on any atom is 1.00 e. The zero-order valence-electron chi connectivity index (χ0n) is 12.3. The monoisotopic (exact) mass is 368 g/mol. The van der Waals surface area contributed by atoms with Gasteiger partial charge < -0.3 is 38.8 Å². The first-order chi connectivity index (χ1) is 9.69. The zero-order chi connectivity index (χ0) is 15.8. The molecule has 2 heterocycles. The predicted octanol–water partition coefficient (Wildman–Crippen LogP) is -9.92. The Labute approximate surface area is 173 Å². The first-order valence-electron chi connectivity index (χ1n) is 5.69. The topological polar surface area (TPSA) is 188 Å².